The summed E-state index contributed by atoms with van der Waals surface area (Å²) in [5.74, 6) is 0. The minimum atomic E-state index is -1.66. The van der Waals surface area contributed by atoms with E-state index >= 15 is 0 Å². The topological polar surface area (TPSA) is 135 Å². The van der Waals surface area contributed by atoms with Crippen molar-refractivity contribution in [3.8, 4) is 0 Å². The van der Waals surface area contributed by atoms with Crippen LogP contribution in [0.4, 0.5) is 0 Å². The third-order valence-electron chi connectivity index (χ3n) is 3.97. The zero-order chi connectivity index (χ0) is 19.8. The second kappa shape index (κ2) is 7.14. The molecule has 5 N–H and O–H groups in total. The highest BCUT2D eigenvalue weighted by Gasteiger charge is 2.19. The van der Waals surface area contributed by atoms with E-state index in [4.69, 9.17) is 0 Å². The van der Waals surface area contributed by atoms with Crippen LogP contribution < -0.4 is 27.3 Å². The number of H-pyrrole nitrogens is 3. The van der Waals surface area contributed by atoms with Crippen LogP contribution in [0, 0.1) is 0 Å². The van der Waals surface area contributed by atoms with E-state index in [0.717, 1.165) is 5.69 Å². The van der Waals surface area contributed by atoms with E-state index < -0.39 is 18.2 Å². The van der Waals surface area contributed by atoms with Gasteiger partial charge in [0.2, 0.25) is 0 Å². The predicted molar refractivity (Wildman–Crippen MR) is 105 cm³/mol. The van der Waals surface area contributed by atoms with Gasteiger partial charge < -0.3 is 25.0 Å². The number of aromatic amines is 3. The van der Waals surface area contributed by atoms with Gasteiger partial charge in [0.15, 0.2) is 0 Å². The maximum Gasteiger partial charge on any atom is 0.489 e. The minimum absolute atomic E-state index is 0.0274. The van der Waals surface area contributed by atoms with Gasteiger partial charge >= 0.3 is 7.12 Å². The molecule has 0 aliphatic heterocycles. The third-order valence-corrected chi connectivity index (χ3v) is 4.85. The van der Waals surface area contributed by atoms with Crippen molar-refractivity contribution < 1.29 is 10.0 Å². The zero-order valence-electron chi connectivity index (χ0n) is 15.0. The van der Waals surface area contributed by atoms with Gasteiger partial charge in [0.1, 0.15) is 10.7 Å². The summed E-state index contributed by atoms with van der Waals surface area (Å²) in [6, 6.07) is 1.54. The summed E-state index contributed by atoms with van der Waals surface area (Å²) in [6.45, 7) is 6.03. The molecule has 0 bridgehead atoms. The molecule has 0 atom stereocenters. The number of rotatable bonds is 3. The van der Waals surface area contributed by atoms with E-state index in [9.17, 15) is 19.6 Å². The fourth-order valence-corrected chi connectivity index (χ4v) is 3.50. The van der Waals surface area contributed by atoms with E-state index in [1.54, 1.807) is 17.8 Å². The van der Waals surface area contributed by atoms with Gasteiger partial charge in [0, 0.05) is 21.4 Å². The Bertz CT molecular complexity index is 1200. The summed E-state index contributed by atoms with van der Waals surface area (Å²) in [5, 5.41) is 20.5. The number of imidazole rings is 1. The van der Waals surface area contributed by atoms with Crippen molar-refractivity contribution in [3.63, 3.8) is 0 Å². The van der Waals surface area contributed by atoms with Crippen LogP contribution in [0.25, 0.3) is 12.2 Å². The average molecular weight is 386 g/mol. The second-order valence-electron chi connectivity index (χ2n) is 7.05. The molecule has 0 aliphatic rings. The van der Waals surface area contributed by atoms with E-state index in [0.29, 0.717) is 10.6 Å². The van der Waals surface area contributed by atoms with Gasteiger partial charge in [0.25, 0.3) is 11.1 Å². The maximum atomic E-state index is 12.4. The Morgan fingerprint density at radius 3 is 2.33 bits per heavy atom. The molecule has 0 saturated heterocycles. The lowest BCUT2D eigenvalue weighted by Gasteiger charge is -2.16. The van der Waals surface area contributed by atoms with Gasteiger partial charge in [-0.3, -0.25) is 9.59 Å². The molecule has 0 aromatic carbocycles. The van der Waals surface area contributed by atoms with Crippen LogP contribution in [0.5, 0.6) is 0 Å². The Morgan fingerprint density at radius 1 is 1.11 bits per heavy atom. The molecule has 0 unspecified atom stereocenters. The Morgan fingerprint density at radius 2 is 1.74 bits per heavy atom. The average Bonchev–Trinajstić information content (AvgIpc) is 3.20. The van der Waals surface area contributed by atoms with E-state index in [1.165, 1.54) is 23.5 Å². The lowest BCUT2D eigenvalue weighted by molar-refractivity contribution is 0.426. The Hall–Kier alpha value is -2.69. The lowest BCUT2D eigenvalue weighted by Crippen LogP contribution is -2.47. The molecule has 10 heteroatoms. The number of nitrogens with one attached hydrogen (secondary N) is 3. The van der Waals surface area contributed by atoms with Crippen LogP contribution in [-0.4, -0.2) is 37.1 Å². The Labute approximate surface area is 158 Å². The van der Waals surface area contributed by atoms with Crippen molar-refractivity contribution in [1.82, 2.24) is 19.9 Å². The standard InChI is InChI=1S/C17H19BN4O4S/c1-17(2,3)14-10(19-8-20-14)6-11-15(23)22-12(16(24)21-11)7-13-9(18(25)26)4-5-27-13/h4-8,25-26H,1-3H3,(H,19,20)(H,21,24)(H,22,23). The molecule has 3 heterocycles. The number of nitrogens with zero attached hydrogens (tertiary/aromatic N) is 1. The van der Waals surface area contributed by atoms with Gasteiger partial charge in [-0.2, -0.15) is 0 Å². The van der Waals surface area contributed by atoms with Gasteiger partial charge in [-0.25, -0.2) is 4.98 Å². The summed E-state index contributed by atoms with van der Waals surface area (Å²) >= 11 is 1.23. The third kappa shape index (κ3) is 4.02. The van der Waals surface area contributed by atoms with Crippen LogP contribution in [0.15, 0.2) is 27.4 Å². The first kappa shape index (κ1) is 19.1. The summed E-state index contributed by atoms with van der Waals surface area (Å²) in [5.41, 5.74) is 0.501. The fourth-order valence-electron chi connectivity index (χ4n) is 2.64. The highest BCUT2D eigenvalue weighted by Crippen LogP contribution is 2.22. The molecule has 27 heavy (non-hydrogen) atoms. The molecule has 0 amide bonds. The van der Waals surface area contributed by atoms with Crippen LogP contribution in [0.1, 0.15) is 37.0 Å². The zero-order valence-corrected chi connectivity index (χ0v) is 15.8. The number of hydrogen-bond donors (Lipinski definition) is 5. The maximum absolute atomic E-state index is 12.4. The van der Waals surface area contributed by atoms with Crippen LogP contribution in [0.3, 0.4) is 0 Å². The lowest BCUT2D eigenvalue weighted by atomic mass is 9.80. The summed E-state index contributed by atoms with van der Waals surface area (Å²) in [6.07, 6.45) is 4.48. The largest absolute Gasteiger partial charge is 0.489 e. The monoisotopic (exact) mass is 386 g/mol. The van der Waals surface area contributed by atoms with Crippen molar-refractivity contribution in [2.45, 2.75) is 26.2 Å². The van der Waals surface area contributed by atoms with E-state index in [1.807, 2.05) is 20.8 Å². The van der Waals surface area contributed by atoms with Crippen molar-refractivity contribution >= 4 is 36.1 Å². The molecule has 140 valence electrons. The Balaban J connectivity index is 2.14. The van der Waals surface area contributed by atoms with Gasteiger partial charge in [0.05, 0.1) is 12.0 Å². The van der Waals surface area contributed by atoms with Crippen molar-refractivity contribution in [2.24, 2.45) is 0 Å². The first-order valence-electron chi connectivity index (χ1n) is 8.20. The second-order valence-corrected chi connectivity index (χ2v) is 8.00. The number of thiophene rings is 1. The van der Waals surface area contributed by atoms with Gasteiger partial charge in [-0.15, -0.1) is 11.3 Å². The fraction of sp³-hybridized carbons (Fsp3) is 0.235. The van der Waals surface area contributed by atoms with Crippen molar-refractivity contribution in [2.75, 3.05) is 0 Å². The first-order valence-corrected chi connectivity index (χ1v) is 9.08. The van der Waals surface area contributed by atoms with E-state index in [2.05, 4.69) is 19.9 Å². The smallest absolute Gasteiger partial charge is 0.423 e. The van der Waals surface area contributed by atoms with Crippen LogP contribution in [0.2, 0.25) is 0 Å². The summed E-state index contributed by atoms with van der Waals surface area (Å²) < 4.78 is 0. The number of hydrogen-bond acceptors (Lipinski definition) is 6. The molecule has 3 aromatic rings. The first-order chi connectivity index (χ1) is 12.7. The molecule has 3 rings (SSSR count). The molecule has 8 nitrogen and oxygen atoms in total. The van der Waals surface area contributed by atoms with Gasteiger partial charge in [-0.1, -0.05) is 26.8 Å². The molecule has 0 spiro atoms. The molecular weight excluding hydrogens is 367 g/mol. The molecule has 0 saturated carbocycles. The minimum Gasteiger partial charge on any atom is -0.423 e. The Kier molecular flexibility index (Phi) is 5.05. The molecule has 0 radical (unpaired) electrons. The summed E-state index contributed by atoms with van der Waals surface area (Å²) in [7, 11) is -1.66. The molecule has 0 aliphatic carbocycles. The quantitative estimate of drug-likeness (QED) is 0.349. The highest BCUT2D eigenvalue weighted by molar-refractivity contribution is 7.12. The molecule has 3 aromatic heterocycles. The van der Waals surface area contributed by atoms with Crippen LogP contribution in [-0.2, 0) is 5.41 Å². The van der Waals surface area contributed by atoms with Gasteiger partial charge in [-0.05, 0) is 17.5 Å². The SMILES string of the molecule is CC(C)(C)c1[nH]cnc1C=c1[nH]c(=O)c(=Cc2sccc2B(O)O)[nH]c1=O. The highest BCUT2D eigenvalue weighted by atomic mass is 32.1. The number of aromatic nitrogens is 4. The van der Waals surface area contributed by atoms with Crippen molar-refractivity contribution in [3.05, 3.63) is 65.4 Å². The molecule has 0 fully saturated rings. The van der Waals surface area contributed by atoms with E-state index in [-0.39, 0.29) is 21.6 Å². The predicted octanol–water partition coefficient (Wildman–Crippen LogP) is -1.52. The summed E-state index contributed by atoms with van der Waals surface area (Å²) in [4.78, 5) is 37.7. The van der Waals surface area contributed by atoms with Crippen molar-refractivity contribution in [1.29, 1.82) is 0 Å². The molecular formula is C17H19BN4O4S. The van der Waals surface area contributed by atoms with Crippen LogP contribution >= 0.6 is 11.3 Å². The normalized spacial score (nSPS) is 13.4.